The van der Waals surface area contributed by atoms with Crippen LogP contribution < -0.4 is 20.7 Å². The molecular weight excluding hydrogens is 811 g/mol. The van der Waals surface area contributed by atoms with Gasteiger partial charge in [0.1, 0.15) is 16.4 Å². The zero-order valence-electron chi connectivity index (χ0n) is 28.1. The molecule has 0 saturated carbocycles. The Bertz CT molecular complexity index is 2380. The number of nitrogens with zero attached hydrogens (tertiary/aromatic N) is 2. The molecule has 0 spiro atoms. The third-order valence-corrected chi connectivity index (χ3v) is 11.8. The predicted octanol–water partition coefficient (Wildman–Crippen LogP) is 10.0. The minimum absolute atomic E-state index is 0. The van der Waals surface area contributed by atoms with Crippen LogP contribution in [-0.2, 0) is 26.5 Å². The number of rotatable bonds is 7. The van der Waals surface area contributed by atoms with Crippen molar-refractivity contribution in [1.82, 2.24) is 9.55 Å². The Kier molecular flexibility index (Phi) is 9.56. The van der Waals surface area contributed by atoms with E-state index in [9.17, 15) is 0 Å². The largest absolute Gasteiger partial charge is 2.00 e. The third-order valence-electron chi connectivity index (χ3n) is 9.00. The number of fused-ring (bicyclic) bond motifs is 3. The van der Waals surface area contributed by atoms with E-state index in [4.69, 9.17) is 9.72 Å². The first-order chi connectivity index (χ1) is 23.9. The van der Waals surface area contributed by atoms with Crippen molar-refractivity contribution in [3.63, 3.8) is 0 Å². The summed E-state index contributed by atoms with van der Waals surface area (Å²) in [6, 6.07) is 60.7. The summed E-state index contributed by atoms with van der Waals surface area (Å²) in [5.74, 6) is 2.14. The van der Waals surface area contributed by atoms with E-state index in [-0.39, 0.29) is 26.5 Å². The Labute approximate surface area is 309 Å². The number of benzene rings is 6. The maximum atomic E-state index is 6.55. The van der Waals surface area contributed by atoms with E-state index in [0.717, 1.165) is 33.2 Å². The number of para-hydroxylation sites is 1. The maximum absolute atomic E-state index is 6.55. The molecule has 0 saturated heterocycles. The van der Waals surface area contributed by atoms with Crippen molar-refractivity contribution >= 4 is 45.6 Å². The van der Waals surface area contributed by atoms with E-state index >= 15 is 0 Å². The van der Waals surface area contributed by atoms with E-state index < -0.39 is 7.92 Å². The molecule has 0 fully saturated rings. The molecule has 2 heterocycles. The summed E-state index contributed by atoms with van der Waals surface area (Å²) < 4.78 is 8.74. The third kappa shape index (κ3) is 6.57. The van der Waals surface area contributed by atoms with Crippen LogP contribution >= 0.6 is 7.92 Å². The van der Waals surface area contributed by atoms with Gasteiger partial charge in [0.15, 0.2) is 0 Å². The van der Waals surface area contributed by atoms with Gasteiger partial charge in [-0.3, -0.25) is 0 Å². The molecule has 8 aromatic rings. The molecule has 0 N–H and O–H groups in total. The van der Waals surface area contributed by atoms with Crippen molar-refractivity contribution < 1.29 is 25.8 Å². The van der Waals surface area contributed by atoms with Crippen LogP contribution in [0.15, 0.2) is 158 Å². The second kappa shape index (κ2) is 14.2. The maximum Gasteiger partial charge on any atom is 2.00 e. The molecule has 8 rings (SSSR count). The average molecular weight is 847 g/mol. The molecule has 0 bridgehead atoms. The molecule has 0 aliphatic rings. The Morgan fingerprint density at radius 2 is 1.28 bits per heavy atom. The molecule has 0 radical (unpaired) electrons. The molecule has 5 heteroatoms. The van der Waals surface area contributed by atoms with Crippen molar-refractivity contribution in [2.24, 2.45) is 0 Å². The number of hydrogen-bond donors (Lipinski definition) is 0. The summed E-state index contributed by atoms with van der Waals surface area (Å²) in [5.41, 5.74) is 5.41. The SMILES string of the molecule is CC(C)(C)c1ccnc(-n2c3[c-]c(Oc4[c-]c(-c5ccccc5[PH+](c5ccccc5)c5ccccc5)ccc4)ccc3c3ccccc32)c1.[Pt+2]. The average Bonchev–Trinajstić information content (AvgIpc) is 3.46. The molecule has 0 unspecified atom stereocenters. The molecule has 6 aromatic carbocycles. The zero-order valence-corrected chi connectivity index (χ0v) is 31.4. The fourth-order valence-electron chi connectivity index (χ4n) is 6.59. The van der Waals surface area contributed by atoms with E-state index in [2.05, 4.69) is 171 Å². The van der Waals surface area contributed by atoms with Gasteiger partial charge < -0.3 is 9.30 Å². The topological polar surface area (TPSA) is 27.1 Å². The summed E-state index contributed by atoms with van der Waals surface area (Å²) in [6.45, 7) is 6.68. The van der Waals surface area contributed by atoms with Crippen LogP contribution in [0.1, 0.15) is 26.3 Å². The van der Waals surface area contributed by atoms with Crippen LogP contribution in [0.3, 0.4) is 0 Å². The predicted molar refractivity (Wildman–Crippen MR) is 207 cm³/mol. The molecule has 0 atom stereocenters. The van der Waals surface area contributed by atoms with Gasteiger partial charge in [-0.05, 0) is 64.9 Å². The summed E-state index contributed by atoms with van der Waals surface area (Å²) in [7, 11) is -1.28. The Balaban J connectivity index is 0.00000392. The molecule has 2 aromatic heterocycles. The van der Waals surface area contributed by atoms with Gasteiger partial charge >= 0.3 is 21.1 Å². The number of hydrogen-bond acceptors (Lipinski definition) is 2. The minimum Gasteiger partial charge on any atom is -0.503 e. The normalized spacial score (nSPS) is 11.5. The van der Waals surface area contributed by atoms with Crippen LogP contribution in [-0.4, -0.2) is 9.55 Å². The second-order valence-corrected chi connectivity index (χ2v) is 15.7. The van der Waals surface area contributed by atoms with Crippen LogP contribution in [0.25, 0.3) is 38.8 Å². The molecule has 0 aliphatic carbocycles. The first kappa shape index (κ1) is 33.7. The van der Waals surface area contributed by atoms with E-state index in [1.165, 1.54) is 27.0 Å². The monoisotopic (exact) mass is 846 g/mol. The standard InChI is InChI=1S/C45H35N2OP.Pt/c1-45(2,3)33-27-28-46-44(30-33)47-41-23-12-10-22-39(41)40-26-25-35(31-42(40)47)48-34-16-14-15-32(29-34)38-21-11-13-24-43(38)49(36-17-6-4-7-18-36)37-19-8-5-9-20-37;/h4-28,30H,1-3H3;/q-2;+2/p+1. The van der Waals surface area contributed by atoms with Gasteiger partial charge in [0.05, 0.1) is 13.2 Å². The molecule has 3 nitrogen and oxygen atoms in total. The van der Waals surface area contributed by atoms with Gasteiger partial charge in [-0.25, -0.2) is 4.98 Å². The Morgan fingerprint density at radius 1 is 0.620 bits per heavy atom. The fraction of sp³-hybridized carbons (Fsp3) is 0.0889. The van der Waals surface area contributed by atoms with E-state index in [1.807, 2.05) is 24.4 Å². The van der Waals surface area contributed by atoms with Crippen molar-refractivity contribution in [3.8, 4) is 28.4 Å². The smallest absolute Gasteiger partial charge is 0.503 e. The summed E-state index contributed by atoms with van der Waals surface area (Å²) in [6.07, 6.45) is 1.90. The number of pyridine rings is 1. The van der Waals surface area contributed by atoms with Gasteiger partial charge in [0.25, 0.3) is 0 Å². The summed E-state index contributed by atoms with van der Waals surface area (Å²) in [4.78, 5) is 4.82. The quantitative estimate of drug-likeness (QED) is 0.118. The van der Waals surface area contributed by atoms with Crippen LogP contribution in [0.5, 0.6) is 11.5 Å². The Hall–Kier alpha value is -4.81. The molecular formula is C45H36N2OPPt+. The zero-order chi connectivity index (χ0) is 33.4. The van der Waals surface area contributed by atoms with Crippen molar-refractivity contribution in [3.05, 3.63) is 176 Å². The first-order valence-corrected chi connectivity index (χ1v) is 18.1. The van der Waals surface area contributed by atoms with Crippen molar-refractivity contribution in [2.45, 2.75) is 26.2 Å². The van der Waals surface area contributed by atoms with Gasteiger partial charge in [0, 0.05) is 23.2 Å². The van der Waals surface area contributed by atoms with Crippen LogP contribution in [0.2, 0.25) is 0 Å². The molecule has 0 aliphatic heterocycles. The van der Waals surface area contributed by atoms with Crippen LogP contribution in [0, 0.1) is 12.1 Å². The van der Waals surface area contributed by atoms with Gasteiger partial charge in [-0.1, -0.05) is 111 Å². The summed E-state index contributed by atoms with van der Waals surface area (Å²) in [5, 5.41) is 6.27. The van der Waals surface area contributed by atoms with Crippen molar-refractivity contribution in [2.75, 3.05) is 0 Å². The van der Waals surface area contributed by atoms with Gasteiger partial charge in [-0.15, -0.1) is 41.3 Å². The minimum atomic E-state index is -1.28. The molecule has 246 valence electrons. The van der Waals surface area contributed by atoms with Gasteiger partial charge in [0.2, 0.25) is 0 Å². The Morgan fingerprint density at radius 3 is 2.02 bits per heavy atom. The van der Waals surface area contributed by atoms with Crippen LogP contribution in [0.4, 0.5) is 0 Å². The number of aromatic nitrogens is 2. The van der Waals surface area contributed by atoms with E-state index in [0.29, 0.717) is 11.5 Å². The molecule has 50 heavy (non-hydrogen) atoms. The second-order valence-electron chi connectivity index (χ2n) is 13.3. The fourth-order valence-corrected chi connectivity index (χ4v) is 9.34. The summed E-state index contributed by atoms with van der Waals surface area (Å²) >= 11 is 0. The van der Waals surface area contributed by atoms with Crippen molar-refractivity contribution in [1.29, 1.82) is 0 Å². The first-order valence-electron chi connectivity index (χ1n) is 16.6. The van der Waals surface area contributed by atoms with Gasteiger partial charge in [-0.2, -0.15) is 6.07 Å². The molecule has 0 amide bonds. The number of ether oxygens (including phenoxy) is 1. The van der Waals surface area contributed by atoms with E-state index in [1.54, 1.807) is 0 Å².